The summed E-state index contributed by atoms with van der Waals surface area (Å²) in [5.74, 6) is -0.286. The maximum absolute atomic E-state index is 11.5. The Hall–Kier alpha value is -1.58. The van der Waals surface area contributed by atoms with Gasteiger partial charge in [0.1, 0.15) is 0 Å². The normalized spacial score (nSPS) is 28.2. The van der Waals surface area contributed by atoms with Gasteiger partial charge >= 0.3 is 0 Å². The molecule has 1 rings (SSSR count). The van der Waals surface area contributed by atoms with E-state index in [-0.39, 0.29) is 28.7 Å². The summed E-state index contributed by atoms with van der Waals surface area (Å²) in [7, 11) is 0. The van der Waals surface area contributed by atoms with E-state index < -0.39 is 0 Å². The lowest BCUT2D eigenvalue weighted by Crippen LogP contribution is -2.50. The molecule has 0 radical (unpaired) electrons. The molecule has 1 aliphatic rings. The SMILES string of the molecule is C=CC(=O)NC[C@]1(C)C[C@H](NC(=O)C=C)CC(C)(C)C1. The van der Waals surface area contributed by atoms with Gasteiger partial charge in [0.05, 0.1) is 0 Å². The quantitative estimate of drug-likeness (QED) is 0.757. The smallest absolute Gasteiger partial charge is 0.243 e. The van der Waals surface area contributed by atoms with Gasteiger partial charge < -0.3 is 10.6 Å². The van der Waals surface area contributed by atoms with Crippen LogP contribution in [0.4, 0.5) is 0 Å². The Morgan fingerprint density at radius 3 is 2.30 bits per heavy atom. The van der Waals surface area contributed by atoms with Crippen molar-refractivity contribution in [3.8, 4) is 0 Å². The lowest BCUT2D eigenvalue weighted by Gasteiger charge is -2.46. The predicted octanol–water partition coefficient (Wildman–Crippen LogP) is 2.18. The average Bonchev–Trinajstić information content (AvgIpc) is 2.33. The molecule has 1 fully saturated rings. The van der Waals surface area contributed by atoms with Crippen LogP contribution in [0.1, 0.15) is 40.0 Å². The number of hydrogen-bond donors (Lipinski definition) is 2. The molecule has 0 heterocycles. The van der Waals surface area contributed by atoms with Crippen molar-refractivity contribution in [2.45, 2.75) is 46.1 Å². The maximum atomic E-state index is 11.5. The van der Waals surface area contributed by atoms with Crippen molar-refractivity contribution in [1.82, 2.24) is 10.6 Å². The van der Waals surface area contributed by atoms with E-state index in [1.807, 2.05) is 0 Å². The van der Waals surface area contributed by atoms with Crippen LogP contribution in [0, 0.1) is 10.8 Å². The van der Waals surface area contributed by atoms with Crippen molar-refractivity contribution >= 4 is 11.8 Å². The highest BCUT2D eigenvalue weighted by molar-refractivity contribution is 5.87. The van der Waals surface area contributed by atoms with Crippen LogP contribution in [0.5, 0.6) is 0 Å². The fraction of sp³-hybridized carbons (Fsp3) is 0.625. The van der Waals surface area contributed by atoms with Gasteiger partial charge in [-0.05, 0) is 42.2 Å². The van der Waals surface area contributed by atoms with Crippen molar-refractivity contribution in [1.29, 1.82) is 0 Å². The van der Waals surface area contributed by atoms with Crippen molar-refractivity contribution in [3.05, 3.63) is 25.3 Å². The second-order valence-electron chi connectivity index (χ2n) is 6.89. The minimum absolute atomic E-state index is 0.0282. The summed E-state index contributed by atoms with van der Waals surface area (Å²) in [4.78, 5) is 22.9. The number of amides is 2. The molecule has 4 heteroatoms. The van der Waals surface area contributed by atoms with Crippen LogP contribution in [0.3, 0.4) is 0 Å². The Balaban J connectivity index is 2.74. The van der Waals surface area contributed by atoms with Gasteiger partial charge in [0.15, 0.2) is 0 Å². The fourth-order valence-corrected chi connectivity index (χ4v) is 3.50. The molecule has 0 aromatic heterocycles. The molecule has 20 heavy (non-hydrogen) atoms. The van der Waals surface area contributed by atoms with Gasteiger partial charge in [0.2, 0.25) is 11.8 Å². The minimum Gasteiger partial charge on any atom is -0.352 e. The van der Waals surface area contributed by atoms with Crippen LogP contribution < -0.4 is 10.6 Å². The van der Waals surface area contributed by atoms with Gasteiger partial charge in [-0.25, -0.2) is 0 Å². The zero-order valence-corrected chi connectivity index (χ0v) is 12.8. The molecule has 0 bridgehead atoms. The summed E-state index contributed by atoms with van der Waals surface area (Å²) >= 11 is 0. The topological polar surface area (TPSA) is 58.2 Å². The van der Waals surface area contributed by atoms with Crippen molar-refractivity contribution in [2.75, 3.05) is 6.54 Å². The Bertz CT molecular complexity index is 415. The van der Waals surface area contributed by atoms with E-state index in [4.69, 9.17) is 0 Å². The standard InChI is InChI=1S/C16H26N2O2/c1-6-13(19)17-11-16(5)9-12(18-14(20)7-2)8-15(3,4)10-16/h6-7,12H,1-2,8-11H2,3-5H3,(H,17,19)(H,18,20)/t12-,16-/m1/s1. The molecule has 4 nitrogen and oxygen atoms in total. The summed E-state index contributed by atoms with van der Waals surface area (Å²) in [5, 5.41) is 5.87. The number of carbonyl (C=O) groups is 2. The summed E-state index contributed by atoms with van der Waals surface area (Å²) in [6, 6.07) is 0.120. The molecule has 0 saturated heterocycles. The van der Waals surface area contributed by atoms with Gasteiger partial charge in [0.25, 0.3) is 0 Å². The van der Waals surface area contributed by atoms with Crippen LogP contribution in [0.25, 0.3) is 0 Å². The first kappa shape index (κ1) is 16.5. The Morgan fingerprint density at radius 2 is 1.75 bits per heavy atom. The van der Waals surface area contributed by atoms with E-state index in [1.165, 1.54) is 12.2 Å². The molecule has 0 aromatic rings. The van der Waals surface area contributed by atoms with Crippen LogP contribution in [-0.4, -0.2) is 24.4 Å². The zero-order valence-electron chi connectivity index (χ0n) is 12.8. The second-order valence-corrected chi connectivity index (χ2v) is 6.89. The first-order chi connectivity index (χ1) is 9.19. The van der Waals surface area contributed by atoms with Crippen molar-refractivity contribution in [3.63, 3.8) is 0 Å². The molecular formula is C16H26N2O2. The van der Waals surface area contributed by atoms with E-state index in [9.17, 15) is 9.59 Å². The summed E-state index contributed by atoms with van der Waals surface area (Å²) < 4.78 is 0. The average molecular weight is 278 g/mol. The molecule has 1 aliphatic carbocycles. The van der Waals surface area contributed by atoms with Gasteiger partial charge in [-0.3, -0.25) is 9.59 Å². The molecule has 0 spiro atoms. The van der Waals surface area contributed by atoms with Crippen LogP contribution in [0.2, 0.25) is 0 Å². The van der Waals surface area contributed by atoms with E-state index in [1.54, 1.807) is 0 Å². The molecule has 2 atom stereocenters. The van der Waals surface area contributed by atoms with Gasteiger partial charge in [-0.15, -0.1) is 0 Å². The summed E-state index contributed by atoms with van der Waals surface area (Å²) in [6.07, 6.45) is 5.40. The molecule has 0 unspecified atom stereocenters. The second kappa shape index (κ2) is 6.25. The highest BCUT2D eigenvalue weighted by Gasteiger charge is 2.41. The Morgan fingerprint density at radius 1 is 1.15 bits per heavy atom. The van der Waals surface area contributed by atoms with Crippen LogP contribution >= 0.6 is 0 Å². The van der Waals surface area contributed by atoms with E-state index >= 15 is 0 Å². The third-order valence-corrected chi connectivity index (χ3v) is 3.85. The predicted molar refractivity (Wildman–Crippen MR) is 81.1 cm³/mol. The Kier molecular flexibility index (Phi) is 5.15. The van der Waals surface area contributed by atoms with Crippen LogP contribution in [0.15, 0.2) is 25.3 Å². The van der Waals surface area contributed by atoms with Gasteiger partial charge in [0, 0.05) is 12.6 Å². The highest BCUT2D eigenvalue weighted by atomic mass is 16.2. The lowest BCUT2D eigenvalue weighted by molar-refractivity contribution is -0.119. The molecule has 2 N–H and O–H groups in total. The highest BCUT2D eigenvalue weighted by Crippen LogP contribution is 2.45. The maximum Gasteiger partial charge on any atom is 0.243 e. The fourth-order valence-electron chi connectivity index (χ4n) is 3.50. The molecule has 2 amide bonds. The third kappa shape index (κ3) is 4.83. The van der Waals surface area contributed by atoms with Crippen LogP contribution in [-0.2, 0) is 9.59 Å². The number of carbonyl (C=O) groups excluding carboxylic acids is 2. The van der Waals surface area contributed by atoms with E-state index in [2.05, 4.69) is 44.6 Å². The monoisotopic (exact) mass is 278 g/mol. The van der Waals surface area contributed by atoms with E-state index in [0.717, 1.165) is 19.3 Å². The first-order valence-electron chi connectivity index (χ1n) is 7.03. The van der Waals surface area contributed by atoms with Crippen molar-refractivity contribution in [2.24, 2.45) is 10.8 Å². The summed E-state index contributed by atoms with van der Waals surface area (Å²) in [6.45, 7) is 14.1. The number of nitrogens with one attached hydrogen (secondary N) is 2. The molecule has 0 aliphatic heterocycles. The lowest BCUT2D eigenvalue weighted by atomic mass is 9.62. The first-order valence-corrected chi connectivity index (χ1v) is 7.03. The molecule has 0 aromatic carbocycles. The summed E-state index contributed by atoms with van der Waals surface area (Å²) in [5.41, 5.74) is 0.102. The molecular weight excluding hydrogens is 252 g/mol. The zero-order chi connectivity index (χ0) is 15.4. The van der Waals surface area contributed by atoms with Crippen molar-refractivity contribution < 1.29 is 9.59 Å². The molecule has 112 valence electrons. The van der Waals surface area contributed by atoms with E-state index in [0.29, 0.717) is 6.54 Å². The third-order valence-electron chi connectivity index (χ3n) is 3.85. The molecule has 1 saturated carbocycles. The number of hydrogen-bond acceptors (Lipinski definition) is 2. The minimum atomic E-state index is -0.152. The number of rotatable bonds is 5. The largest absolute Gasteiger partial charge is 0.352 e. The van der Waals surface area contributed by atoms with Gasteiger partial charge in [-0.1, -0.05) is 33.9 Å². The Labute approximate surface area is 121 Å². The van der Waals surface area contributed by atoms with Gasteiger partial charge in [-0.2, -0.15) is 0 Å².